The van der Waals surface area contributed by atoms with Crippen LogP contribution in [0.25, 0.3) is 0 Å². The molecule has 1 aromatic heterocycles. The summed E-state index contributed by atoms with van der Waals surface area (Å²) >= 11 is 2.24. The first kappa shape index (κ1) is 23.9. The summed E-state index contributed by atoms with van der Waals surface area (Å²) < 4.78 is 20.0. The van der Waals surface area contributed by atoms with Crippen LogP contribution in [0.2, 0.25) is 0 Å². The maximum atomic E-state index is 12.2. The summed E-state index contributed by atoms with van der Waals surface area (Å²) in [4.78, 5) is 12.2. The van der Waals surface area contributed by atoms with E-state index in [0.717, 1.165) is 32.0 Å². The van der Waals surface area contributed by atoms with E-state index in [2.05, 4.69) is 33.0 Å². The van der Waals surface area contributed by atoms with Crippen molar-refractivity contribution in [1.29, 1.82) is 0 Å². The molecule has 32 heavy (non-hydrogen) atoms. The minimum Gasteiger partial charge on any atom is -0.490 e. The lowest BCUT2D eigenvalue weighted by Gasteiger charge is -2.13. The van der Waals surface area contributed by atoms with Crippen LogP contribution in [0.1, 0.15) is 31.5 Å². The standard InChI is InChI=1S/C24H28IN3O4/c1-4-30-22-11-6-18(14-23(22)31-5-2)16-32-20-9-7-19(8-10-20)26-24(29)12-13-28-15-21(25)17(3)27-28/h6-11,14-15H,4-5,12-13,16H2,1-3H3,(H,26,29). The van der Waals surface area contributed by atoms with Crippen molar-refractivity contribution in [1.82, 2.24) is 9.78 Å². The van der Waals surface area contributed by atoms with E-state index in [1.807, 2.05) is 69.4 Å². The molecule has 3 aromatic rings. The van der Waals surface area contributed by atoms with Crippen molar-refractivity contribution in [2.75, 3.05) is 18.5 Å². The average molecular weight is 549 g/mol. The Bertz CT molecular complexity index is 1010. The van der Waals surface area contributed by atoms with Crippen LogP contribution >= 0.6 is 22.6 Å². The van der Waals surface area contributed by atoms with Gasteiger partial charge in [-0.05, 0) is 85.3 Å². The van der Waals surface area contributed by atoms with Gasteiger partial charge in [-0.15, -0.1) is 0 Å². The molecule has 1 heterocycles. The number of hydrogen-bond donors (Lipinski definition) is 1. The van der Waals surface area contributed by atoms with Gasteiger partial charge in [0.25, 0.3) is 0 Å². The number of nitrogens with zero attached hydrogens (tertiary/aromatic N) is 2. The third kappa shape index (κ3) is 6.88. The smallest absolute Gasteiger partial charge is 0.226 e. The molecule has 3 rings (SSSR count). The summed E-state index contributed by atoms with van der Waals surface area (Å²) in [5.41, 5.74) is 2.69. The molecule has 8 heteroatoms. The number of aryl methyl sites for hydroxylation is 2. The molecule has 2 aromatic carbocycles. The van der Waals surface area contributed by atoms with Gasteiger partial charge in [0, 0.05) is 24.8 Å². The van der Waals surface area contributed by atoms with Crippen molar-refractivity contribution in [3.05, 3.63) is 63.5 Å². The number of halogens is 1. The van der Waals surface area contributed by atoms with E-state index in [9.17, 15) is 4.79 Å². The molecule has 0 aliphatic carbocycles. The zero-order valence-corrected chi connectivity index (χ0v) is 20.7. The molecule has 0 aliphatic heterocycles. The van der Waals surface area contributed by atoms with E-state index in [1.165, 1.54) is 0 Å². The van der Waals surface area contributed by atoms with Crippen LogP contribution in [-0.2, 0) is 17.9 Å². The molecule has 0 bridgehead atoms. The fourth-order valence-electron chi connectivity index (χ4n) is 3.03. The molecule has 0 radical (unpaired) electrons. The highest BCUT2D eigenvalue weighted by Crippen LogP contribution is 2.29. The second-order valence-corrected chi connectivity index (χ2v) is 8.25. The van der Waals surface area contributed by atoms with E-state index in [4.69, 9.17) is 14.2 Å². The Balaban J connectivity index is 1.50. The van der Waals surface area contributed by atoms with Gasteiger partial charge in [-0.2, -0.15) is 5.10 Å². The SMILES string of the molecule is CCOc1ccc(COc2ccc(NC(=O)CCn3cc(I)c(C)n3)cc2)cc1OCC. The molecule has 0 fully saturated rings. The molecule has 0 saturated carbocycles. The Hall–Kier alpha value is -2.75. The van der Waals surface area contributed by atoms with Gasteiger partial charge < -0.3 is 19.5 Å². The first-order valence-electron chi connectivity index (χ1n) is 10.6. The topological polar surface area (TPSA) is 74.6 Å². The van der Waals surface area contributed by atoms with E-state index >= 15 is 0 Å². The first-order valence-corrected chi connectivity index (χ1v) is 11.7. The third-order valence-electron chi connectivity index (χ3n) is 4.61. The molecular formula is C24H28IN3O4. The lowest BCUT2D eigenvalue weighted by molar-refractivity contribution is -0.116. The zero-order chi connectivity index (χ0) is 22.9. The first-order chi connectivity index (χ1) is 15.5. The number of anilines is 1. The summed E-state index contributed by atoms with van der Waals surface area (Å²) in [5, 5.41) is 7.28. The van der Waals surface area contributed by atoms with Gasteiger partial charge in [0.15, 0.2) is 11.5 Å². The Kier molecular flexibility index (Phi) is 8.78. The van der Waals surface area contributed by atoms with Crippen LogP contribution in [0.4, 0.5) is 5.69 Å². The van der Waals surface area contributed by atoms with Gasteiger partial charge in [0.1, 0.15) is 12.4 Å². The molecule has 170 valence electrons. The largest absolute Gasteiger partial charge is 0.490 e. The number of nitrogens with one attached hydrogen (secondary N) is 1. The summed E-state index contributed by atoms with van der Waals surface area (Å²) in [7, 11) is 0. The number of rotatable bonds is 11. The van der Waals surface area contributed by atoms with Gasteiger partial charge in [-0.1, -0.05) is 6.07 Å². The van der Waals surface area contributed by atoms with Crippen molar-refractivity contribution < 1.29 is 19.0 Å². The number of amides is 1. The Morgan fingerprint density at radius 1 is 1.03 bits per heavy atom. The minimum atomic E-state index is -0.0559. The monoisotopic (exact) mass is 549 g/mol. The van der Waals surface area contributed by atoms with Gasteiger partial charge in [-0.3, -0.25) is 9.48 Å². The Labute approximate surface area is 202 Å². The van der Waals surface area contributed by atoms with Gasteiger partial charge in [0.2, 0.25) is 5.91 Å². The number of carbonyl (C=O) groups is 1. The maximum Gasteiger partial charge on any atom is 0.226 e. The number of benzene rings is 2. The van der Waals surface area contributed by atoms with Crippen molar-refractivity contribution in [2.24, 2.45) is 0 Å². The fraction of sp³-hybridized carbons (Fsp3) is 0.333. The van der Waals surface area contributed by atoms with Crippen LogP contribution in [0.15, 0.2) is 48.7 Å². The molecule has 0 saturated heterocycles. The van der Waals surface area contributed by atoms with Crippen LogP contribution in [-0.4, -0.2) is 28.9 Å². The summed E-state index contributed by atoms with van der Waals surface area (Å²) in [6.45, 7) is 7.94. The Morgan fingerprint density at radius 3 is 2.41 bits per heavy atom. The van der Waals surface area contributed by atoms with Gasteiger partial charge >= 0.3 is 0 Å². The van der Waals surface area contributed by atoms with Gasteiger partial charge in [-0.25, -0.2) is 0 Å². The molecule has 7 nitrogen and oxygen atoms in total. The van der Waals surface area contributed by atoms with Crippen LogP contribution in [0.5, 0.6) is 17.2 Å². The predicted octanol–water partition coefficient (Wildman–Crippen LogP) is 5.20. The minimum absolute atomic E-state index is 0.0559. The van der Waals surface area contributed by atoms with Crippen molar-refractivity contribution in [3.63, 3.8) is 0 Å². The van der Waals surface area contributed by atoms with Crippen LogP contribution in [0, 0.1) is 10.5 Å². The number of ether oxygens (including phenoxy) is 3. The Morgan fingerprint density at radius 2 is 1.75 bits per heavy atom. The van der Waals surface area contributed by atoms with Crippen LogP contribution < -0.4 is 19.5 Å². The van der Waals surface area contributed by atoms with E-state index in [1.54, 1.807) is 4.68 Å². The van der Waals surface area contributed by atoms with E-state index in [0.29, 0.717) is 38.5 Å². The highest BCUT2D eigenvalue weighted by molar-refractivity contribution is 14.1. The normalized spacial score (nSPS) is 10.6. The molecule has 0 unspecified atom stereocenters. The van der Waals surface area contributed by atoms with E-state index in [-0.39, 0.29) is 5.91 Å². The summed E-state index contributed by atoms with van der Waals surface area (Å²) in [6, 6.07) is 13.1. The fourth-order valence-corrected chi connectivity index (χ4v) is 3.46. The molecule has 1 amide bonds. The molecule has 0 aliphatic rings. The summed E-state index contributed by atoms with van der Waals surface area (Å²) in [5.74, 6) is 2.11. The quantitative estimate of drug-likeness (QED) is 0.333. The zero-order valence-electron chi connectivity index (χ0n) is 18.6. The number of hydrogen-bond acceptors (Lipinski definition) is 5. The molecule has 1 N–H and O–H groups in total. The van der Waals surface area contributed by atoms with E-state index < -0.39 is 0 Å². The lowest BCUT2D eigenvalue weighted by atomic mass is 10.2. The number of carbonyl (C=O) groups excluding carboxylic acids is 1. The third-order valence-corrected chi connectivity index (χ3v) is 5.66. The van der Waals surface area contributed by atoms with Gasteiger partial charge in [0.05, 0.1) is 22.5 Å². The van der Waals surface area contributed by atoms with Crippen molar-refractivity contribution >= 4 is 34.2 Å². The highest BCUT2D eigenvalue weighted by atomic mass is 127. The molecule has 0 spiro atoms. The average Bonchev–Trinajstić information content (AvgIpc) is 3.11. The highest BCUT2D eigenvalue weighted by Gasteiger charge is 2.08. The second-order valence-electron chi connectivity index (χ2n) is 7.08. The second kappa shape index (κ2) is 11.8. The van der Waals surface area contributed by atoms with Crippen LogP contribution in [0.3, 0.4) is 0 Å². The predicted molar refractivity (Wildman–Crippen MR) is 132 cm³/mol. The lowest BCUT2D eigenvalue weighted by Crippen LogP contribution is -2.14. The van der Waals surface area contributed by atoms with Crippen molar-refractivity contribution in [2.45, 2.75) is 40.3 Å². The summed E-state index contributed by atoms with van der Waals surface area (Å²) in [6.07, 6.45) is 2.30. The number of aromatic nitrogens is 2. The molecule has 0 atom stereocenters. The maximum absolute atomic E-state index is 12.2. The van der Waals surface area contributed by atoms with Crippen molar-refractivity contribution in [3.8, 4) is 17.2 Å². The molecular weight excluding hydrogens is 521 g/mol.